The van der Waals surface area contributed by atoms with Crippen molar-refractivity contribution in [2.75, 3.05) is 0 Å². The van der Waals surface area contributed by atoms with Crippen molar-refractivity contribution in [2.24, 2.45) is 0 Å². The summed E-state index contributed by atoms with van der Waals surface area (Å²) in [7, 11) is -4.28. The van der Waals surface area contributed by atoms with Gasteiger partial charge in [-0.1, -0.05) is 0 Å². The highest BCUT2D eigenvalue weighted by molar-refractivity contribution is 7.85. The Labute approximate surface area is 80.5 Å². The van der Waals surface area contributed by atoms with Crippen LogP contribution in [0.15, 0.2) is 11.2 Å². The van der Waals surface area contributed by atoms with Gasteiger partial charge in [0.15, 0.2) is 5.03 Å². The third-order valence-electron chi connectivity index (χ3n) is 1.34. The molecule has 72 valence electrons. The number of halogens is 1. The van der Waals surface area contributed by atoms with E-state index in [0.29, 0.717) is 0 Å². The molecule has 7 heteroatoms. The maximum Gasteiger partial charge on any atom is 0.312 e. The molecule has 1 N–H and O–H groups in total. The normalized spacial score (nSPS) is 11.6. The summed E-state index contributed by atoms with van der Waals surface area (Å²) < 4.78 is 30.2. The molecule has 0 aliphatic heterocycles. The van der Waals surface area contributed by atoms with Crippen molar-refractivity contribution in [3.63, 3.8) is 0 Å². The van der Waals surface area contributed by atoms with Crippen molar-refractivity contribution >= 4 is 21.7 Å². The number of rotatable bonds is 2. The highest BCUT2D eigenvalue weighted by atomic mass is 35.5. The third kappa shape index (κ3) is 2.36. The Hall–Kier alpha value is -0.720. The Kier molecular flexibility index (Phi) is 2.84. The van der Waals surface area contributed by atoms with Crippen LogP contribution in [-0.4, -0.2) is 22.9 Å². The molecular formula is C6H7ClN2O3S. The molecule has 1 heterocycles. The van der Waals surface area contributed by atoms with Gasteiger partial charge in [-0.05, 0) is 6.92 Å². The average molecular weight is 223 g/mol. The summed E-state index contributed by atoms with van der Waals surface area (Å²) in [6, 6.07) is 0. The molecular weight excluding hydrogens is 216 g/mol. The van der Waals surface area contributed by atoms with Gasteiger partial charge in [0.25, 0.3) is 0 Å². The van der Waals surface area contributed by atoms with Gasteiger partial charge in [0.1, 0.15) is 5.82 Å². The van der Waals surface area contributed by atoms with Gasteiger partial charge in [-0.25, -0.2) is 9.97 Å². The number of aromatic nitrogens is 2. The van der Waals surface area contributed by atoms with Crippen molar-refractivity contribution < 1.29 is 13.0 Å². The molecule has 1 rings (SSSR count). The van der Waals surface area contributed by atoms with Crippen LogP contribution < -0.4 is 0 Å². The van der Waals surface area contributed by atoms with Gasteiger partial charge in [0.2, 0.25) is 0 Å². The lowest BCUT2D eigenvalue weighted by Crippen LogP contribution is -2.07. The van der Waals surface area contributed by atoms with Crippen LogP contribution in [0, 0.1) is 6.92 Å². The number of hydrogen-bond acceptors (Lipinski definition) is 4. The molecule has 0 aliphatic carbocycles. The van der Waals surface area contributed by atoms with Crippen LogP contribution in [0.25, 0.3) is 0 Å². The summed E-state index contributed by atoms with van der Waals surface area (Å²) in [6.07, 6.45) is 1.30. The summed E-state index contributed by atoms with van der Waals surface area (Å²) in [5.74, 6) is 0.169. The molecule has 13 heavy (non-hydrogen) atoms. The summed E-state index contributed by atoms with van der Waals surface area (Å²) in [6.45, 7) is 1.49. The lowest BCUT2D eigenvalue weighted by atomic mass is 10.4. The molecule has 0 bridgehead atoms. The molecule has 0 radical (unpaired) electrons. The minimum Gasteiger partial charge on any atom is -0.281 e. The van der Waals surface area contributed by atoms with Gasteiger partial charge in [0, 0.05) is 11.8 Å². The molecule has 1 aromatic heterocycles. The van der Waals surface area contributed by atoms with Crippen molar-refractivity contribution in [3.8, 4) is 0 Å². The van der Waals surface area contributed by atoms with Crippen molar-refractivity contribution in [3.05, 3.63) is 17.6 Å². The summed E-state index contributed by atoms with van der Waals surface area (Å²) in [5.41, 5.74) is 0.288. The smallest absolute Gasteiger partial charge is 0.281 e. The van der Waals surface area contributed by atoms with Crippen LogP contribution in [0.3, 0.4) is 0 Å². The fourth-order valence-electron chi connectivity index (χ4n) is 0.786. The second-order valence-electron chi connectivity index (χ2n) is 2.38. The first-order chi connectivity index (χ1) is 5.95. The van der Waals surface area contributed by atoms with Gasteiger partial charge in [-0.3, -0.25) is 4.55 Å². The molecule has 0 aromatic carbocycles. The molecule has 0 amide bonds. The molecule has 0 unspecified atom stereocenters. The molecule has 0 fully saturated rings. The third-order valence-corrected chi connectivity index (χ3v) is 2.48. The van der Waals surface area contributed by atoms with Crippen LogP contribution in [-0.2, 0) is 16.0 Å². The molecule has 0 spiro atoms. The van der Waals surface area contributed by atoms with E-state index in [1.165, 1.54) is 13.1 Å². The zero-order valence-electron chi connectivity index (χ0n) is 6.73. The maximum atomic E-state index is 10.7. The number of hydrogen-bond donors (Lipinski definition) is 1. The Morgan fingerprint density at radius 3 is 2.69 bits per heavy atom. The van der Waals surface area contributed by atoms with E-state index in [-0.39, 0.29) is 17.3 Å². The summed E-state index contributed by atoms with van der Waals surface area (Å²) in [4.78, 5) is 7.33. The lowest BCUT2D eigenvalue weighted by molar-refractivity contribution is 0.477. The van der Waals surface area contributed by atoms with E-state index in [4.69, 9.17) is 16.2 Å². The minimum atomic E-state index is -4.28. The molecule has 0 saturated carbocycles. The Bertz CT molecular complexity index is 418. The highest BCUT2D eigenvalue weighted by Crippen LogP contribution is 2.11. The second-order valence-corrected chi connectivity index (χ2v) is 3.99. The number of aryl methyl sites for hydroxylation is 1. The SMILES string of the molecule is Cc1cnc(CCl)nc1S(=O)(=O)O. The van der Waals surface area contributed by atoms with E-state index in [1.54, 1.807) is 0 Å². The van der Waals surface area contributed by atoms with Gasteiger partial charge in [-0.2, -0.15) is 8.42 Å². The van der Waals surface area contributed by atoms with E-state index >= 15 is 0 Å². The Balaban J connectivity index is 3.36. The van der Waals surface area contributed by atoms with Crippen molar-refractivity contribution in [2.45, 2.75) is 17.8 Å². The summed E-state index contributed by atoms with van der Waals surface area (Å²) >= 11 is 5.40. The van der Waals surface area contributed by atoms with Gasteiger partial charge >= 0.3 is 10.1 Å². The van der Waals surface area contributed by atoms with Gasteiger partial charge in [-0.15, -0.1) is 11.6 Å². The fraction of sp³-hybridized carbons (Fsp3) is 0.333. The number of alkyl halides is 1. The summed E-state index contributed by atoms with van der Waals surface area (Å²) in [5, 5.41) is -0.391. The van der Waals surface area contributed by atoms with E-state index < -0.39 is 15.1 Å². The molecule has 5 nitrogen and oxygen atoms in total. The van der Waals surface area contributed by atoms with Gasteiger partial charge in [0.05, 0.1) is 5.88 Å². The fourth-order valence-corrected chi connectivity index (χ4v) is 1.60. The predicted molar refractivity (Wildman–Crippen MR) is 46.1 cm³/mol. The maximum absolute atomic E-state index is 10.7. The highest BCUT2D eigenvalue weighted by Gasteiger charge is 2.15. The molecule has 0 aliphatic rings. The average Bonchev–Trinajstić information content (AvgIpc) is 2.03. The molecule has 1 aromatic rings. The van der Waals surface area contributed by atoms with Crippen molar-refractivity contribution in [1.29, 1.82) is 0 Å². The second kappa shape index (κ2) is 3.57. The Morgan fingerprint density at radius 1 is 1.62 bits per heavy atom. The zero-order valence-corrected chi connectivity index (χ0v) is 8.30. The lowest BCUT2D eigenvalue weighted by Gasteiger charge is -2.01. The van der Waals surface area contributed by atoms with Crippen LogP contribution in [0.2, 0.25) is 0 Å². The quantitative estimate of drug-likeness (QED) is 0.454. The van der Waals surface area contributed by atoms with E-state index in [2.05, 4.69) is 9.97 Å². The number of nitrogens with zero attached hydrogens (tertiary/aromatic N) is 2. The van der Waals surface area contributed by atoms with Crippen LogP contribution in [0.5, 0.6) is 0 Å². The largest absolute Gasteiger partial charge is 0.312 e. The first-order valence-corrected chi connectivity index (χ1v) is 5.28. The van der Waals surface area contributed by atoms with Crippen molar-refractivity contribution in [1.82, 2.24) is 9.97 Å². The predicted octanol–water partition coefficient (Wildman–Crippen LogP) is 0.771. The van der Waals surface area contributed by atoms with Crippen LogP contribution >= 0.6 is 11.6 Å². The van der Waals surface area contributed by atoms with E-state index in [0.717, 1.165) is 0 Å². The standard InChI is InChI=1S/C6H7ClN2O3S/c1-4-3-8-5(2-7)9-6(4)13(10,11)12/h3H,2H2,1H3,(H,10,11,12). The van der Waals surface area contributed by atoms with Gasteiger partial charge < -0.3 is 0 Å². The van der Waals surface area contributed by atoms with Crippen LogP contribution in [0.1, 0.15) is 11.4 Å². The minimum absolute atomic E-state index is 0.00278. The zero-order chi connectivity index (χ0) is 10.1. The first-order valence-electron chi connectivity index (χ1n) is 3.31. The first kappa shape index (κ1) is 10.4. The Morgan fingerprint density at radius 2 is 2.23 bits per heavy atom. The van der Waals surface area contributed by atoms with E-state index in [9.17, 15) is 8.42 Å². The van der Waals surface area contributed by atoms with Crippen LogP contribution in [0.4, 0.5) is 0 Å². The monoisotopic (exact) mass is 222 g/mol. The topological polar surface area (TPSA) is 80.2 Å². The van der Waals surface area contributed by atoms with E-state index in [1.807, 2.05) is 0 Å². The molecule has 0 saturated heterocycles. The molecule has 0 atom stereocenters.